The van der Waals surface area contributed by atoms with Crippen molar-refractivity contribution in [3.8, 4) is 17.2 Å². The number of halogens is 2. The van der Waals surface area contributed by atoms with E-state index in [0.717, 1.165) is 24.3 Å². The predicted molar refractivity (Wildman–Crippen MR) is 85.8 cm³/mol. The molecule has 0 unspecified atom stereocenters. The van der Waals surface area contributed by atoms with Gasteiger partial charge >= 0.3 is 0 Å². The van der Waals surface area contributed by atoms with Gasteiger partial charge in [0.1, 0.15) is 34.4 Å². The Hall–Kier alpha value is -2.89. The van der Waals surface area contributed by atoms with Gasteiger partial charge in [-0.1, -0.05) is 6.07 Å². The van der Waals surface area contributed by atoms with Crippen molar-refractivity contribution < 1.29 is 27.8 Å². The van der Waals surface area contributed by atoms with Crippen LogP contribution in [0, 0.1) is 11.6 Å². The zero-order valence-electron chi connectivity index (χ0n) is 13.4. The highest BCUT2D eigenvalue weighted by Gasteiger charge is 2.18. The summed E-state index contributed by atoms with van der Waals surface area (Å²) in [6.07, 6.45) is 2.14. The molecule has 0 heterocycles. The van der Waals surface area contributed by atoms with Gasteiger partial charge in [0.25, 0.3) is 0 Å². The number of ketones is 1. The van der Waals surface area contributed by atoms with Crippen molar-refractivity contribution in [2.24, 2.45) is 0 Å². The molecule has 0 aliphatic heterocycles. The van der Waals surface area contributed by atoms with Gasteiger partial charge in [0.2, 0.25) is 0 Å². The van der Waals surface area contributed by atoms with Crippen molar-refractivity contribution in [1.82, 2.24) is 0 Å². The maximum Gasteiger partial charge on any atom is 0.193 e. The molecule has 0 aliphatic carbocycles. The number of methoxy groups -OCH3 is 3. The lowest BCUT2D eigenvalue weighted by atomic mass is 10.1. The molecule has 0 atom stereocenters. The quantitative estimate of drug-likeness (QED) is 0.594. The van der Waals surface area contributed by atoms with Crippen molar-refractivity contribution in [3.63, 3.8) is 0 Å². The molecule has 2 aromatic rings. The molecule has 0 aromatic heterocycles. The fourth-order valence-corrected chi connectivity index (χ4v) is 2.16. The molecule has 0 aliphatic rings. The average Bonchev–Trinajstić information content (AvgIpc) is 2.59. The van der Waals surface area contributed by atoms with Crippen LogP contribution in [0.25, 0.3) is 6.08 Å². The van der Waals surface area contributed by atoms with E-state index in [9.17, 15) is 13.6 Å². The largest absolute Gasteiger partial charge is 0.496 e. The van der Waals surface area contributed by atoms with Gasteiger partial charge in [0, 0.05) is 17.7 Å². The van der Waals surface area contributed by atoms with E-state index < -0.39 is 17.4 Å². The van der Waals surface area contributed by atoms with Gasteiger partial charge in [0.05, 0.1) is 21.3 Å². The van der Waals surface area contributed by atoms with Crippen molar-refractivity contribution >= 4 is 11.9 Å². The second-order valence-corrected chi connectivity index (χ2v) is 4.74. The van der Waals surface area contributed by atoms with Gasteiger partial charge in [0.15, 0.2) is 5.78 Å². The molecule has 0 amide bonds. The molecule has 0 fully saturated rings. The van der Waals surface area contributed by atoms with Crippen LogP contribution in [0.2, 0.25) is 0 Å². The van der Waals surface area contributed by atoms with Crippen molar-refractivity contribution in [3.05, 3.63) is 59.2 Å². The van der Waals surface area contributed by atoms with E-state index >= 15 is 0 Å². The second-order valence-electron chi connectivity index (χ2n) is 4.74. The number of hydrogen-bond acceptors (Lipinski definition) is 4. The first-order valence-corrected chi connectivity index (χ1v) is 6.98. The van der Waals surface area contributed by atoms with E-state index in [1.54, 1.807) is 0 Å². The summed E-state index contributed by atoms with van der Waals surface area (Å²) in [7, 11) is 4.26. The fourth-order valence-electron chi connectivity index (χ4n) is 2.16. The van der Waals surface area contributed by atoms with E-state index in [2.05, 4.69) is 0 Å². The van der Waals surface area contributed by atoms with E-state index in [1.165, 1.54) is 39.5 Å². The van der Waals surface area contributed by atoms with E-state index in [1.807, 2.05) is 0 Å². The zero-order chi connectivity index (χ0) is 17.7. The Morgan fingerprint density at radius 1 is 0.958 bits per heavy atom. The third-order valence-corrected chi connectivity index (χ3v) is 3.36. The van der Waals surface area contributed by atoms with Crippen LogP contribution in [0.1, 0.15) is 15.9 Å². The minimum absolute atomic E-state index is 0.133. The molecule has 2 aromatic carbocycles. The van der Waals surface area contributed by atoms with Crippen LogP contribution >= 0.6 is 0 Å². The molecule has 2 rings (SSSR count). The third kappa shape index (κ3) is 3.53. The highest BCUT2D eigenvalue weighted by Crippen LogP contribution is 2.34. The third-order valence-electron chi connectivity index (χ3n) is 3.36. The Kier molecular flexibility index (Phi) is 5.52. The fraction of sp³-hybridized carbons (Fsp3) is 0.167. The van der Waals surface area contributed by atoms with Gasteiger partial charge < -0.3 is 14.2 Å². The molecule has 126 valence electrons. The van der Waals surface area contributed by atoms with Gasteiger partial charge in [-0.2, -0.15) is 0 Å². The van der Waals surface area contributed by atoms with Crippen LogP contribution in [0.3, 0.4) is 0 Å². The van der Waals surface area contributed by atoms with Crippen LogP contribution < -0.4 is 14.2 Å². The smallest absolute Gasteiger partial charge is 0.193 e. The molecule has 0 spiro atoms. The van der Waals surface area contributed by atoms with E-state index in [-0.39, 0.29) is 22.6 Å². The van der Waals surface area contributed by atoms with Crippen LogP contribution in [0.5, 0.6) is 17.2 Å². The summed E-state index contributed by atoms with van der Waals surface area (Å²) in [5.74, 6) is -1.12. The summed E-state index contributed by atoms with van der Waals surface area (Å²) >= 11 is 0. The lowest BCUT2D eigenvalue weighted by molar-refractivity contribution is 0.104. The molecule has 0 N–H and O–H groups in total. The van der Waals surface area contributed by atoms with Crippen LogP contribution in [-0.4, -0.2) is 27.1 Å². The SMILES string of the molecule is COc1cc(OC)c(C(=O)/C=C/c2c(F)cccc2F)c(OC)c1. The normalized spacial score (nSPS) is 10.7. The summed E-state index contributed by atoms with van der Waals surface area (Å²) in [5.41, 5.74) is -0.161. The highest BCUT2D eigenvalue weighted by atomic mass is 19.1. The molecule has 6 heteroatoms. The van der Waals surface area contributed by atoms with Crippen LogP contribution in [-0.2, 0) is 0 Å². The molecular weight excluding hydrogens is 318 g/mol. The maximum absolute atomic E-state index is 13.6. The first kappa shape index (κ1) is 17.5. The summed E-state index contributed by atoms with van der Waals surface area (Å²) < 4.78 is 42.7. The summed E-state index contributed by atoms with van der Waals surface area (Å²) in [5, 5.41) is 0. The van der Waals surface area contributed by atoms with E-state index in [4.69, 9.17) is 14.2 Å². The van der Waals surface area contributed by atoms with Gasteiger partial charge in [-0.15, -0.1) is 0 Å². The predicted octanol–water partition coefficient (Wildman–Crippen LogP) is 3.89. The van der Waals surface area contributed by atoms with Gasteiger partial charge in [-0.05, 0) is 24.3 Å². The minimum atomic E-state index is -0.757. The molecule has 4 nitrogen and oxygen atoms in total. The molecule has 0 saturated heterocycles. The Balaban J connectivity index is 2.44. The number of allylic oxidation sites excluding steroid dienone is 1. The number of ether oxygens (including phenoxy) is 3. The number of carbonyl (C=O) groups is 1. The first-order valence-electron chi connectivity index (χ1n) is 6.98. The maximum atomic E-state index is 13.6. The first-order chi connectivity index (χ1) is 11.5. The minimum Gasteiger partial charge on any atom is -0.496 e. The van der Waals surface area contributed by atoms with Gasteiger partial charge in [-0.3, -0.25) is 4.79 Å². The number of hydrogen-bond donors (Lipinski definition) is 0. The van der Waals surface area contributed by atoms with Gasteiger partial charge in [-0.25, -0.2) is 8.78 Å². The number of rotatable bonds is 6. The number of benzene rings is 2. The van der Waals surface area contributed by atoms with Crippen molar-refractivity contribution in [2.75, 3.05) is 21.3 Å². The van der Waals surface area contributed by atoms with Crippen LogP contribution in [0.4, 0.5) is 8.78 Å². The Morgan fingerprint density at radius 2 is 1.50 bits per heavy atom. The summed E-state index contributed by atoms with van der Waals surface area (Å²) in [6, 6.07) is 6.52. The Labute approximate surface area is 138 Å². The lowest BCUT2D eigenvalue weighted by Crippen LogP contribution is -2.03. The molecule has 0 saturated carbocycles. The Bertz CT molecular complexity index is 739. The average molecular weight is 334 g/mol. The summed E-state index contributed by atoms with van der Waals surface area (Å²) in [6.45, 7) is 0. The number of carbonyl (C=O) groups excluding carboxylic acids is 1. The molecular formula is C18H16F2O4. The molecule has 0 bridgehead atoms. The van der Waals surface area contributed by atoms with Crippen LogP contribution in [0.15, 0.2) is 36.4 Å². The molecule has 24 heavy (non-hydrogen) atoms. The van der Waals surface area contributed by atoms with Crippen molar-refractivity contribution in [2.45, 2.75) is 0 Å². The lowest BCUT2D eigenvalue weighted by Gasteiger charge is -2.13. The van der Waals surface area contributed by atoms with Crippen molar-refractivity contribution in [1.29, 1.82) is 0 Å². The standard InChI is InChI=1S/C18H16F2O4/c1-22-11-9-16(23-2)18(17(10-11)24-3)15(21)8-7-12-13(19)5-4-6-14(12)20/h4-10H,1-3H3/b8-7+. The Morgan fingerprint density at radius 3 is 1.96 bits per heavy atom. The zero-order valence-corrected chi connectivity index (χ0v) is 13.4. The highest BCUT2D eigenvalue weighted by molar-refractivity contribution is 6.10. The summed E-state index contributed by atoms with van der Waals surface area (Å²) in [4.78, 5) is 12.5. The second kappa shape index (κ2) is 7.59. The molecule has 0 radical (unpaired) electrons. The monoisotopic (exact) mass is 334 g/mol. The topological polar surface area (TPSA) is 44.8 Å². The van der Waals surface area contributed by atoms with E-state index in [0.29, 0.717) is 5.75 Å².